The van der Waals surface area contributed by atoms with Crippen LogP contribution in [0.5, 0.6) is 11.5 Å². The van der Waals surface area contributed by atoms with E-state index in [1.807, 2.05) is 22.4 Å². The Morgan fingerprint density at radius 2 is 2.05 bits per heavy atom. The second-order valence-corrected chi connectivity index (χ2v) is 6.69. The lowest BCUT2D eigenvalue weighted by atomic mass is 9.96. The van der Waals surface area contributed by atoms with E-state index in [4.69, 9.17) is 9.47 Å². The van der Waals surface area contributed by atoms with Crippen LogP contribution in [0.1, 0.15) is 6.92 Å². The maximum absolute atomic E-state index is 5.83. The van der Waals surface area contributed by atoms with Crippen molar-refractivity contribution in [2.45, 2.75) is 12.1 Å². The van der Waals surface area contributed by atoms with Crippen molar-refractivity contribution in [3.8, 4) is 11.5 Å². The maximum atomic E-state index is 5.83. The first-order valence-corrected chi connectivity index (χ1v) is 7.88. The molecule has 7 heteroatoms. The summed E-state index contributed by atoms with van der Waals surface area (Å²) in [5, 5.41) is 12.8. The lowest BCUT2D eigenvalue weighted by Crippen LogP contribution is -2.32. The molecular weight excluding hydrogens is 282 g/mol. The molecule has 102 valence electrons. The highest BCUT2D eigenvalue weighted by Crippen LogP contribution is 2.38. The summed E-state index contributed by atoms with van der Waals surface area (Å²) in [4.78, 5) is 0. The van der Waals surface area contributed by atoms with Crippen LogP contribution < -0.4 is 9.47 Å². The molecule has 3 rings (SSSR count). The summed E-state index contributed by atoms with van der Waals surface area (Å²) in [6.45, 7) is 3.48. The van der Waals surface area contributed by atoms with Crippen LogP contribution in [0.3, 0.4) is 0 Å². The van der Waals surface area contributed by atoms with Crippen molar-refractivity contribution in [1.29, 1.82) is 0 Å². The summed E-state index contributed by atoms with van der Waals surface area (Å²) < 4.78 is 13.6. The molecule has 0 aromatic carbocycles. The highest BCUT2D eigenvalue weighted by Gasteiger charge is 2.31. The Morgan fingerprint density at radius 3 is 2.63 bits per heavy atom. The van der Waals surface area contributed by atoms with Gasteiger partial charge in [-0.25, -0.2) is 0 Å². The minimum atomic E-state index is -0.0344. The van der Waals surface area contributed by atoms with Gasteiger partial charge in [0, 0.05) is 29.0 Å². The topological polar surface area (TPSA) is 49.2 Å². The Morgan fingerprint density at radius 1 is 1.37 bits per heavy atom. The van der Waals surface area contributed by atoms with E-state index in [0.717, 1.165) is 22.4 Å². The number of aryl methyl sites for hydroxylation is 1. The zero-order valence-corrected chi connectivity index (χ0v) is 12.5. The Bertz CT molecular complexity index is 544. The summed E-state index contributed by atoms with van der Waals surface area (Å²) in [7, 11) is 1.95. The molecule has 5 nitrogen and oxygen atoms in total. The normalized spacial score (nSPS) is 17.2. The zero-order valence-electron chi connectivity index (χ0n) is 10.8. The number of hydrogen-bond donors (Lipinski definition) is 0. The molecule has 0 fully saturated rings. The van der Waals surface area contributed by atoms with Crippen LogP contribution in [0.2, 0.25) is 0 Å². The van der Waals surface area contributed by atoms with E-state index >= 15 is 0 Å². The minimum Gasteiger partial charge on any atom is -0.488 e. The van der Waals surface area contributed by atoms with Crippen LogP contribution in [0.25, 0.3) is 0 Å². The van der Waals surface area contributed by atoms with Crippen molar-refractivity contribution in [2.24, 2.45) is 12.5 Å². The monoisotopic (exact) mass is 297 g/mol. The fourth-order valence-electron chi connectivity index (χ4n) is 1.76. The molecule has 0 saturated heterocycles. The van der Waals surface area contributed by atoms with Crippen molar-refractivity contribution >= 4 is 23.1 Å². The van der Waals surface area contributed by atoms with Gasteiger partial charge in [0.1, 0.15) is 6.33 Å². The van der Waals surface area contributed by atoms with Crippen LogP contribution in [0.15, 0.2) is 22.2 Å². The number of thiophene rings is 1. The Balaban J connectivity index is 1.64. The summed E-state index contributed by atoms with van der Waals surface area (Å²) >= 11 is 3.28. The van der Waals surface area contributed by atoms with Gasteiger partial charge in [-0.15, -0.1) is 21.5 Å². The second kappa shape index (κ2) is 5.05. The summed E-state index contributed by atoms with van der Waals surface area (Å²) in [6, 6.07) is 0. The molecular formula is C12H15N3O2S2. The van der Waals surface area contributed by atoms with Gasteiger partial charge < -0.3 is 14.0 Å². The summed E-state index contributed by atoms with van der Waals surface area (Å²) in [5.41, 5.74) is -0.0344. The van der Waals surface area contributed by atoms with Crippen molar-refractivity contribution in [1.82, 2.24) is 14.8 Å². The minimum absolute atomic E-state index is 0.0344. The number of nitrogens with zero attached hydrogens (tertiary/aromatic N) is 3. The first-order valence-electron chi connectivity index (χ1n) is 5.95. The van der Waals surface area contributed by atoms with Crippen molar-refractivity contribution in [3.05, 3.63) is 17.1 Å². The number of fused-ring (bicyclic) bond motifs is 1. The molecule has 0 aliphatic carbocycles. The Labute approximate surface area is 119 Å². The first-order chi connectivity index (χ1) is 9.16. The van der Waals surface area contributed by atoms with Crippen LogP contribution in [-0.4, -0.2) is 33.7 Å². The second-order valence-electron chi connectivity index (χ2n) is 5.00. The van der Waals surface area contributed by atoms with Crippen molar-refractivity contribution in [2.75, 3.05) is 19.0 Å². The lowest BCUT2D eigenvalue weighted by molar-refractivity contribution is 0.144. The molecule has 0 atom stereocenters. The third-order valence-electron chi connectivity index (χ3n) is 2.96. The third kappa shape index (κ3) is 2.71. The largest absolute Gasteiger partial charge is 0.488 e. The maximum Gasteiger partial charge on any atom is 0.190 e. The van der Waals surface area contributed by atoms with E-state index in [0.29, 0.717) is 13.2 Å². The van der Waals surface area contributed by atoms with Gasteiger partial charge in [-0.1, -0.05) is 18.7 Å². The molecule has 1 aliphatic rings. The van der Waals surface area contributed by atoms with E-state index < -0.39 is 0 Å². The van der Waals surface area contributed by atoms with Gasteiger partial charge in [-0.05, 0) is 0 Å². The van der Waals surface area contributed by atoms with Crippen LogP contribution >= 0.6 is 23.1 Å². The number of thioether (sulfide) groups is 1. The number of aromatic nitrogens is 3. The molecule has 3 heterocycles. The standard InChI is InChI=1S/C12H15N3O2S2/c1-12(7-19-11-14-13-8-15(11)2)5-16-9-3-18-4-10(9)17-6-12/h3-4,8H,5-7H2,1-2H3. The zero-order chi connectivity index (χ0) is 13.3. The number of rotatable bonds is 3. The fraction of sp³-hybridized carbons (Fsp3) is 0.500. The predicted octanol–water partition coefficient (Wildman–Crippen LogP) is 2.45. The molecule has 0 saturated carbocycles. The predicted molar refractivity (Wildman–Crippen MR) is 75.1 cm³/mol. The molecule has 2 aromatic rings. The highest BCUT2D eigenvalue weighted by atomic mass is 32.2. The van der Waals surface area contributed by atoms with Crippen LogP contribution in [-0.2, 0) is 7.05 Å². The third-order valence-corrected chi connectivity index (χ3v) is 5.13. The highest BCUT2D eigenvalue weighted by molar-refractivity contribution is 7.99. The molecule has 19 heavy (non-hydrogen) atoms. The smallest absolute Gasteiger partial charge is 0.190 e. The molecule has 0 bridgehead atoms. The van der Waals surface area contributed by atoms with Gasteiger partial charge in [-0.2, -0.15) is 0 Å². The molecule has 0 amide bonds. The van der Waals surface area contributed by atoms with Gasteiger partial charge in [0.2, 0.25) is 0 Å². The molecule has 0 radical (unpaired) electrons. The van der Waals surface area contributed by atoms with Gasteiger partial charge in [0.25, 0.3) is 0 Å². The van der Waals surface area contributed by atoms with Crippen LogP contribution in [0.4, 0.5) is 0 Å². The summed E-state index contributed by atoms with van der Waals surface area (Å²) in [5.74, 6) is 2.60. The Kier molecular flexibility index (Phi) is 3.40. The van der Waals surface area contributed by atoms with Gasteiger partial charge >= 0.3 is 0 Å². The van der Waals surface area contributed by atoms with Gasteiger partial charge in [0.05, 0.1) is 13.2 Å². The van der Waals surface area contributed by atoms with Crippen molar-refractivity contribution in [3.63, 3.8) is 0 Å². The molecule has 1 aliphatic heterocycles. The lowest BCUT2D eigenvalue weighted by Gasteiger charge is -2.25. The van der Waals surface area contributed by atoms with Crippen molar-refractivity contribution < 1.29 is 9.47 Å². The first kappa shape index (κ1) is 12.8. The van der Waals surface area contributed by atoms with E-state index in [1.165, 1.54) is 0 Å². The average Bonchev–Trinajstić information content (AvgIpc) is 2.98. The molecule has 0 spiro atoms. The van der Waals surface area contributed by atoms with Gasteiger partial charge in [-0.3, -0.25) is 0 Å². The molecule has 0 unspecified atom stereocenters. The SMILES string of the molecule is Cn1cnnc1SCC1(C)COc2cscc2OC1. The van der Waals surface area contributed by atoms with E-state index in [1.54, 1.807) is 29.4 Å². The van der Waals surface area contributed by atoms with E-state index in [2.05, 4.69) is 17.1 Å². The van der Waals surface area contributed by atoms with Gasteiger partial charge in [0.15, 0.2) is 16.7 Å². The Hall–Kier alpha value is -1.21. The van der Waals surface area contributed by atoms with E-state index in [9.17, 15) is 0 Å². The summed E-state index contributed by atoms with van der Waals surface area (Å²) in [6.07, 6.45) is 1.71. The molecule has 2 aromatic heterocycles. The fourth-order valence-corrected chi connectivity index (χ4v) is 3.44. The average molecular weight is 297 g/mol. The molecule has 0 N–H and O–H groups in total. The van der Waals surface area contributed by atoms with Crippen LogP contribution in [0, 0.1) is 5.41 Å². The van der Waals surface area contributed by atoms with E-state index in [-0.39, 0.29) is 5.41 Å². The quantitative estimate of drug-likeness (QED) is 0.815. The number of ether oxygens (including phenoxy) is 2. The number of hydrogen-bond acceptors (Lipinski definition) is 6.